The molecule has 0 atom stereocenters. The van der Waals surface area contributed by atoms with Gasteiger partial charge in [0.1, 0.15) is 0 Å². The van der Waals surface area contributed by atoms with E-state index in [1.165, 1.54) is 5.56 Å². The number of benzene rings is 1. The molecule has 0 unspecified atom stereocenters. The van der Waals surface area contributed by atoms with Crippen LogP contribution in [-0.2, 0) is 22.4 Å². The van der Waals surface area contributed by atoms with Gasteiger partial charge in [-0.05, 0) is 51.2 Å². The summed E-state index contributed by atoms with van der Waals surface area (Å²) in [5.74, 6) is -0.0264. The van der Waals surface area contributed by atoms with E-state index in [1.807, 2.05) is 12.1 Å². The van der Waals surface area contributed by atoms with Gasteiger partial charge in [0.2, 0.25) is 0 Å². The average Bonchev–Trinajstić information content (AvgIpc) is 2.56. The third kappa shape index (κ3) is 3.85. The Balaban J connectivity index is 2.20. The van der Waals surface area contributed by atoms with Crippen molar-refractivity contribution in [1.29, 1.82) is 0 Å². The van der Waals surface area contributed by atoms with E-state index in [2.05, 4.69) is 12.1 Å². The fourth-order valence-corrected chi connectivity index (χ4v) is 2.91. The molecule has 0 saturated carbocycles. The number of aryl methyl sites for hydroxylation is 1. The SMILES string of the molecule is CC1=C(C)C(=O)C(Cc2cccc(CCCCO)c2)=C(C)C1=O. The van der Waals surface area contributed by atoms with Crippen molar-refractivity contribution >= 4 is 11.6 Å². The fourth-order valence-electron chi connectivity index (χ4n) is 2.91. The van der Waals surface area contributed by atoms with Gasteiger partial charge in [0.25, 0.3) is 0 Å². The van der Waals surface area contributed by atoms with Gasteiger partial charge in [-0.3, -0.25) is 9.59 Å². The van der Waals surface area contributed by atoms with Gasteiger partial charge in [0.05, 0.1) is 0 Å². The average molecular weight is 312 g/mol. The first-order chi connectivity index (χ1) is 11.0. The number of ketones is 2. The minimum absolute atomic E-state index is 0.00900. The Morgan fingerprint density at radius 3 is 2.22 bits per heavy atom. The van der Waals surface area contributed by atoms with Gasteiger partial charge in [-0.1, -0.05) is 24.3 Å². The monoisotopic (exact) mass is 312 g/mol. The molecule has 1 aromatic rings. The lowest BCUT2D eigenvalue weighted by Gasteiger charge is -2.19. The molecule has 0 radical (unpaired) electrons. The standard InChI is InChI=1S/C20H24O3/c1-13-14(2)20(23)18(15(3)19(13)22)12-17-9-6-8-16(11-17)7-4-5-10-21/h6,8-9,11,21H,4-5,7,10,12H2,1-3H3. The maximum atomic E-state index is 12.5. The smallest absolute Gasteiger partial charge is 0.185 e. The summed E-state index contributed by atoms with van der Waals surface area (Å²) in [6, 6.07) is 8.14. The minimum Gasteiger partial charge on any atom is -0.396 e. The quantitative estimate of drug-likeness (QED) is 0.647. The Morgan fingerprint density at radius 1 is 0.870 bits per heavy atom. The summed E-state index contributed by atoms with van der Waals surface area (Å²) in [6.07, 6.45) is 3.15. The van der Waals surface area contributed by atoms with Gasteiger partial charge in [-0.15, -0.1) is 0 Å². The Hall–Kier alpha value is -2.00. The molecule has 0 spiro atoms. The number of rotatable bonds is 6. The molecule has 0 aromatic heterocycles. The van der Waals surface area contributed by atoms with Crippen molar-refractivity contribution in [2.45, 2.75) is 46.5 Å². The number of hydrogen-bond acceptors (Lipinski definition) is 3. The first kappa shape index (κ1) is 17.4. The number of carbonyl (C=O) groups is 2. The first-order valence-corrected chi connectivity index (χ1v) is 8.11. The molecule has 0 saturated heterocycles. The topological polar surface area (TPSA) is 54.4 Å². The summed E-state index contributed by atoms with van der Waals surface area (Å²) >= 11 is 0. The Kier molecular flexibility index (Phi) is 5.67. The van der Waals surface area contributed by atoms with Crippen molar-refractivity contribution in [3.05, 3.63) is 57.7 Å². The molecule has 1 N–H and O–H groups in total. The third-order valence-corrected chi connectivity index (χ3v) is 4.56. The largest absolute Gasteiger partial charge is 0.396 e. The summed E-state index contributed by atoms with van der Waals surface area (Å²) in [6.45, 7) is 5.41. The molecule has 0 bridgehead atoms. The third-order valence-electron chi connectivity index (χ3n) is 4.56. The maximum Gasteiger partial charge on any atom is 0.185 e. The molecule has 1 aliphatic rings. The zero-order valence-corrected chi connectivity index (χ0v) is 14.1. The number of carbonyl (C=O) groups excluding carboxylic acids is 2. The highest BCUT2D eigenvalue weighted by Gasteiger charge is 2.27. The second-order valence-corrected chi connectivity index (χ2v) is 6.19. The van der Waals surface area contributed by atoms with Gasteiger partial charge < -0.3 is 5.11 Å². The molecule has 122 valence electrons. The number of hydrogen-bond donors (Lipinski definition) is 1. The van der Waals surface area contributed by atoms with Crippen LogP contribution >= 0.6 is 0 Å². The molecule has 0 amide bonds. The lowest BCUT2D eigenvalue weighted by atomic mass is 9.83. The van der Waals surface area contributed by atoms with Gasteiger partial charge in [-0.25, -0.2) is 0 Å². The molecule has 2 rings (SSSR count). The Morgan fingerprint density at radius 2 is 1.52 bits per heavy atom. The van der Waals surface area contributed by atoms with E-state index in [-0.39, 0.29) is 18.2 Å². The van der Waals surface area contributed by atoms with Crippen molar-refractivity contribution in [1.82, 2.24) is 0 Å². The van der Waals surface area contributed by atoms with Crippen molar-refractivity contribution in [3.63, 3.8) is 0 Å². The Labute approximate surface area is 137 Å². The van der Waals surface area contributed by atoms with Crippen LogP contribution in [0, 0.1) is 0 Å². The first-order valence-electron chi connectivity index (χ1n) is 8.11. The normalized spacial score (nSPS) is 15.7. The summed E-state index contributed by atoms with van der Waals surface area (Å²) in [5, 5.41) is 8.86. The highest BCUT2D eigenvalue weighted by molar-refractivity contribution is 6.24. The zero-order chi connectivity index (χ0) is 17.0. The molecular weight excluding hydrogens is 288 g/mol. The lowest BCUT2D eigenvalue weighted by Crippen LogP contribution is -2.21. The highest BCUT2D eigenvalue weighted by Crippen LogP contribution is 2.26. The van der Waals surface area contributed by atoms with Crippen LogP contribution in [0.2, 0.25) is 0 Å². The molecule has 0 fully saturated rings. The van der Waals surface area contributed by atoms with Crippen molar-refractivity contribution in [2.24, 2.45) is 0 Å². The van der Waals surface area contributed by atoms with E-state index in [0.717, 1.165) is 24.8 Å². The summed E-state index contributed by atoms with van der Waals surface area (Å²) in [7, 11) is 0. The molecule has 0 heterocycles. The van der Waals surface area contributed by atoms with Crippen molar-refractivity contribution in [3.8, 4) is 0 Å². The molecule has 1 aliphatic carbocycles. The van der Waals surface area contributed by atoms with Crippen LogP contribution in [0.25, 0.3) is 0 Å². The van der Waals surface area contributed by atoms with Gasteiger partial charge in [-0.2, -0.15) is 0 Å². The number of aliphatic hydroxyl groups excluding tert-OH is 1. The minimum atomic E-state index is -0.0174. The van der Waals surface area contributed by atoms with E-state index >= 15 is 0 Å². The lowest BCUT2D eigenvalue weighted by molar-refractivity contribution is -0.116. The predicted octanol–water partition coefficient (Wildman–Crippen LogP) is 3.35. The molecule has 1 aromatic carbocycles. The van der Waals surface area contributed by atoms with Gasteiger partial charge in [0, 0.05) is 35.3 Å². The van der Waals surface area contributed by atoms with Crippen molar-refractivity contribution in [2.75, 3.05) is 6.61 Å². The van der Waals surface area contributed by atoms with Crippen LogP contribution < -0.4 is 0 Å². The van der Waals surface area contributed by atoms with E-state index in [9.17, 15) is 9.59 Å². The van der Waals surface area contributed by atoms with Crippen LogP contribution in [-0.4, -0.2) is 23.3 Å². The van der Waals surface area contributed by atoms with Crippen molar-refractivity contribution < 1.29 is 14.7 Å². The van der Waals surface area contributed by atoms with E-state index in [1.54, 1.807) is 20.8 Å². The number of Topliss-reactive ketones (excluding diaryl/α,β-unsaturated/α-hetero) is 2. The van der Waals surface area contributed by atoms with Gasteiger partial charge in [0.15, 0.2) is 11.6 Å². The molecule has 23 heavy (non-hydrogen) atoms. The zero-order valence-electron chi connectivity index (χ0n) is 14.1. The van der Waals surface area contributed by atoms with E-state index in [0.29, 0.717) is 28.7 Å². The summed E-state index contributed by atoms with van der Waals surface area (Å²) < 4.78 is 0. The highest BCUT2D eigenvalue weighted by atomic mass is 16.2. The van der Waals surface area contributed by atoms with E-state index < -0.39 is 0 Å². The van der Waals surface area contributed by atoms with Gasteiger partial charge >= 0.3 is 0 Å². The van der Waals surface area contributed by atoms with Crippen LogP contribution in [0.1, 0.15) is 44.7 Å². The van der Waals surface area contributed by atoms with Crippen LogP contribution in [0.15, 0.2) is 46.6 Å². The van der Waals surface area contributed by atoms with Crippen LogP contribution in [0.4, 0.5) is 0 Å². The van der Waals surface area contributed by atoms with Crippen LogP contribution in [0.5, 0.6) is 0 Å². The number of aliphatic hydroxyl groups is 1. The Bertz CT molecular complexity index is 693. The molecule has 3 nitrogen and oxygen atoms in total. The molecular formula is C20H24O3. The second kappa shape index (κ2) is 7.51. The summed E-state index contributed by atoms with van der Waals surface area (Å²) in [5.41, 5.74) is 4.57. The fraction of sp³-hybridized carbons (Fsp3) is 0.400. The number of allylic oxidation sites excluding steroid dienone is 4. The number of unbranched alkanes of at least 4 members (excludes halogenated alkanes) is 1. The predicted molar refractivity (Wildman–Crippen MR) is 91.3 cm³/mol. The molecule has 0 aliphatic heterocycles. The van der Waals surface area contributed by atoms with Crippen LogP contribution in [0.3, 0.4) is 0 Å². The van der Waals surface area contributed by atoms with E-state index in [4.69, 9.17) is 5.11 Å². The maximum absolute atomic E-state index is 12.5. The summed E-state index contributed by atoms with van der Waals surface area (Å²) in [4.78, 5) is 24.7. The molecule has 3 heteroatoms. The second-order valence-electron chi connectivity index (χ2n) is 6.19.